The summed E-state index contributed by atoms with van der Waals surface area (Å²) < 4.78 is 11.0. The van der Waals surface area contributed by atoms with Crippen LogP contribution in [0.5, 0.6) is 0 Å². The summed E-state index contributed by atoms with van der Waals surface area (Å²) in [5.74, 6) is -3.42. The molecule has 2 aromatic carbocycles. The number of hydrogen-bond acceptors (Lipinski definition) is 7. The van der Waals surface area contributed by atoms with E-state index in [2.05, 4.69) is 5.32 Å². The number of carbonyl (C=O) groups is 4. The van der Waals surface area contributed by atoms with Crippen LogP contribution in [0.15, 0.2) is 48.5 Å². The lowest BCUT2D eigenvalue weighted by molar-refractivity contribution is -0.156. The molecule has 0 unspecified atom stereocenters. The summed E-state index contributed by atoms with van der Waals surface area (Å²) in [6.07, 6.45) is -0.900. The van der Waals surface area contributed by atoms with Crippen molar-refractivity contribution in [2.75, 3.05) is 23.5 Å². The molecule has 0 saturated carbocycles. The summed E-state index contributed by atoms with van der Waals surface area (Å²) in [6.45, 7) is 6.73. The molecule has 3 amide bonds. The van der Waals surface area contributed by atoms with Gasteiger partial charge in [-0.3, -0.25) is 14.4 Å². The van der Waals surface area contributed by atoms with Crippen LogP contribution < -0.4 is 15.1 Å². The number of amides is 3. The maximum absolute atomic E-state index is 14.4. The molecule has 10 heteroatoms. The van der Waals surface area contributed by atoms with Crippen LogP contribution in [0.4, 0.5) is 16.2 Å². The minimum atomic E-state index is -1.87. The zero-order chi connectivity index (χ0) is 26.9. The zero-order valence-electron chi connectivity index (χ0n) is 21.2. The predicted octanol–water partition coefficient (Wildman–Crippen LogP) is 3.19. The first kappa shape index (κ1) is 24.9. The van der Waals surface area contributed by atoms with Crippen molar-refractivity contribution >= 4 is 52.5 Å². The van der Waals surface area contributed by atoms with Crippen molar-refractivity contribution in [1.82, 2.24) is 5.32 Å². The highest BCUT2D eigenvalue weighted by atomic mass is 32.1. The van der Waals surface area contributed by atoms with Gasteiger partial charge >= 0.3 is 12.1 Å². The van der Waals surface area contributed by atoms with Crippen molar-refractivity contribution in [2.24, 2.45) is 5.92 Å². The molecule has 37 heavy (non-hydrogen) atoms. The third kappa shape index (κ3) is 3.11. The summed E-state index contributed by atoms with van der Waals surface area (Å²) in [6, 6.07) is 13.6. The van der Waals surface area contributed by atoms with Crippen LogP contribution in [-0.2, 0) is 34.8 Å². The van der Waals surface area contributed by atoms with E-state index < -0.39 is 46.3 Å². The Morgan fingerprint density at radius 2 is 1.59 bits per heavy atom. The summed E-state index contributed by atoms with van der Waals surface area (Å²) in [5.41, 5.74) is -2.81. The number of ether oxygens (including phenoxy) is 2. The Kier molecular flexibility index (Phi) is 5.45. The van der Waals surface area contributed by atoms with E-state index in [9.17, 15) is 19.2 Å². The second kappa shape index (κ2) is 8.11. The Bertz CT molecular complexity index is 1380. The van der Waals surface area contributed by atoms with Crippen LogP contribution in [0.1, 0.15) is 38.8 Å². The first-order valence-electron chi connectivity index (χ1n) is 12.0. The summed E-state index contributed by atoms with van der Waals surface area (Å²) in [7, 11) is 1.60. The van der Waals surface area contributed by atoms with E-state index in [-0.39, 0.29) is 17.3 Å². The van der Waals surface area contributed by atoms with E-state index in [4.69, 9.17) is 21.7 Å². The van der Waals surface area contributed by atoms with Crippen LogP contribution in [0, 0.1) is 5.92 Å². The Morgan fingerprint density at radius 1 is 1.00 bits per heavy atom. The molecule has 0 radical (unpaired) electrons. The molecule has 3 aliphatic heterocycles. The zero-order valence-corrected chi connectivity index (χ0v) is 22.0. The Morgan fingerprint density at radius 3 is 2.22 bits per heavy atom. The number of nitrogens with one attached hydrogen (secondary N) is 1. The van der Waals surface area contributed by atoms with E-state index in [0.717, 1.165) is 4.90 Å². The molecule has 1 N–H and O–H groups in total. The number of hydrogen-bond donors (Lipinski definition) is 1. The number of para-hydroxylation sites is 2. The average molecular weight is 522 g/mol. The number of thiocarbonyl (C=S) groups is 1. The van der Waals surface area contributed by atoms with Gasteiger partial charge in [0.15, 0.2) is 5.54 Å². The van der Waals surface area contributed by atoms with Crippen LogP contribution >= 0.6 is 12.2 Å². The first-order valence-corrected chi connectivity index (χ1v) is 12.4. The molecule has 9 nitrogen and oxygen atoms in total. The third-order valence-corrected chi connectivity index (χ3v) is 7.50. The second-order valence-corrected chi connectivity index (χ2v) is 10.7. The third-order valence-electron chi connectivity index (χ3n) is 7.08. The van der Waals surface area contributed by atoms with Crippen molar-refractivity contribution in [3.05, 3.63) is 59.7 Å². The first-order chi connectivity index (χ1) is 17.4. The Hall–Kier alpha value is -3.79. The molecule has 0 aliphatic carbocycles. The fraction of sp³-hybridized carbons (Fsp3) is 0.370. The number of carbonyl (C=O) groups excluding carboxylic acids is 4. The van der Waals surface area contributed by atoms with Crippen LogP contribution in [0.25, 0.3) is 0 Å². The second-order valence-electron chi connectivity index (χ2n) is 10.3. The van der Waals surface area contributed by atoms with Gasteiger partial charge < -0.3 is 19.7 Å². The summed E-state index contributed by atoms with van der Waals surface area (Å²) >= 11 is 5.81. The number of rotatable bonds is 2. The summed E-state index contributed by atoms with van der Waals surface area (Å²) in [4.78, 5) is 58.0. The number of benzene rings is 2. The van der Waals surface area contributed by atoms with Crippen LogP contribution in [-0.4, -0.2) is 48.1 Å². The lowest BCUT2D eigenvalue weighted by Crippen LogP contribution is -2.57. The highest BCUT2D eigenvalue weighted by Gasteiger charge is 2.77. The van der Waals surface area contributed by atoms with Gasteiger partial charge in [0.2, 0.25) is 0 Å². The molecule has 3 heterocycles. The van der Waals surface area contributed by atoms with Gasteiger partial charge in [-0.05, 0) is 45.4 Å². The van der Waals surface area contributed by atoms with Gasteiger partial charge in [-0.1, -0.05) is 48.6 Å². The molecule has 2 aromatic rings. The minimum absolute atomic E-state index is 0.0194. The van der Waals surface area contributed by atoms with Gasteiger partial charge in [-0.2, -0.15) is 0 Å². The van der Waals surface area contributed by atoms with Crippen LogP contribution in [0.2, 0.25) is 0 Å². The number of nitrogens with zero attached hydrogens (tertiary/aromatic N) is 2. The Labute approximate surface area is 219 Å². The molecule has 0 bridgehead atoms. The molecule has 3 aliphatic rings. The number of esters is 1. The number of anilines is 2. The fourth-order valence-corrected chi connectivity index (χ4v) is 6.24. The van der Waals surface area contributed by atoms with E-state index in [1.807, 2.05) is 0 Å². The van der Waals surface area contributed by atoms with E-state index >= 15 is 0 Å². The lowest BCUT2D eigenvalue weighted by Gasteiger charge is -2.34. The van der Waals surface area contributed by atoms with Crippen molar-refractivity contribution in [1.29, 1.82) is 0 Å². The standard InChI is InChI=1S/C27H27N3O6S/c1-6-35-20(31)19-26(21(37)28-27(19)16-12-8-9-13-17(16)29(5)23(27)33)15-11-7-10-14-18(15)30(22(26)32)24(34)36-25(2,3)4/h7-14,19H,6H2,1-5H3,(H,28,37)/t19-,26-,27-/m0/s1. The van der Waals surface area contributed by atoms with E-state index in [0.29, 0.717) is 16.8 Å². The predicted molar refractivity (Wildman–Crippen MR) is 139 cm³/mol. The number of imide groups is 1. The number of likely N-dealkylation sites (N-methyl/N-ethyl adjacent to an activating group) is 1. The molecule has 3 atom stereocenters. The minimum Gasteiger partial charge on any atom is -0.466 e. The maximum Gasteiger partial charge on any atom is 0.421 e. The monoisotopic (exact) mass is 521 g/mol. The van der Waals surface area contributed by atoms with Crippen molar-refractivity contribution < 1.29 is 28.7 Å². The molecule has 1 fully saturated rings. The van der Waals surface area contributed by atoms with Gasteiger partial charge in [0.25, 0.3) is 11.8 Å². The molecule has 5 rings (SSSR count). The normalized spacial score (nSPS) is 26.0. The molecular weight excluding hydrogens is 494 g/mol. The highest BCUT2D eigenvalue weighted by Crippen LogP contribution is 2.60. The summed E-state index contributed by atoms with van der Waals surface area (Å²) in [5, 5.41) is 3.11. The largest absolute Gasteiger partial charge is 0.466 e. The average Bonchev–Trinajstić information content (AvgIpc) is 3.35. The van der Waals surface area contributed by atoms with Gasteiger partial charge in [-0.15, -0.1) is 0 Å². The quantitative estimate of drug-likeness (QED) is 0.475. The van der Waals surface area contributed by atoms with Crippen molar-refractivity contribution in [2.45, 2.75) is 44.2 Å². The SMILES string of the molecule is CCOC(=O)[C@H]1[C@]2(C(=O)N(C(=O)OC(C)(C)C)c3ccccc32)C(=S)N[C@]12C(=O)N(C)c1ccccc12. The fourth-order valence-electron chi connectivity index (χ4n) is 5.76. The molecule has 1 saturated heterocycles. The van der Waals surface area contributed by atoms with Gasteiger partial charge in [0, 0.05) is 18.3 Å². The number of fused-ring (bicyclic) bond motifs is 4. The Balaban J connectivity index is 1.80. The molecule has 0 aromatic heterocycles. The molecule has 2 spiro atoms. The van der Waals surface area contributed by atoms with Gasteiger partial charge in [0.05, 0.1) is 17.3 Å². The van der Waals surface area contributed by atoms with Gasteiger partial charge in [0.1, 0.15) is 16.9 Å². The maximum atomic E-state index is 14.4. The van der Waals surface area contributed by atoms with Crippen LogP contribution in [0.3, 0.4) is 0 Å². The highest BCUT2D eigenvalue weighted by molar-refractivity contribution is 7.80. The topological polar surface area (TPSA) is 105 Å². The lowest BCUT2D eigenvalue weighted by atomic mass is 9.65. The molecule has 192 valence electrons. The molecular formula is C27H27N3O6S. The van der Waals surface area contributed by atoms with Crippen molar-refractivity contribution in [3.63, 3.8) is 0 Å². The smallest absolute Gasteiger partial charge is 0.421 e. The van der Waals surface area contributed by atoms with Gasteiger partial charge in [-0.25, -0.2) is 9.69 Å². The van der Waals surface area contributed by atoms with E-state index in [1.165, 1.54) is 4.90 Å². The van der Waals surface area contributed by atoms with E-state index in [1.54, 1.807) is 83.3 Å². The van der Waals surface area contributed by atoms with Crippen molar-refractivity contribution in [3.8, 4) is 0 Å².